The van der Waals surface area contributed by atoms with E-state index in [1.807, 2.05) is 12.2 Å². The molecular weight excluding hydrogens is 268 g/mol. The van der Waals surface area contributed by atoms with Crippen molar-refractivity contribution in [2.45, 2.75) is 39.8 Å². The molecule has 0 heterocycles. The van der Waals surface area contributed by atoms with E-state index in [-0.39, 0.29) is 0 Å². The van der Waals surface area contributed by atoms with Crippen molar-refractivity contribution in [1.82, 2.24) is 9.80 Å². The van der Waals surface area contributed by atoms with Gasteiger partial charge in [0.1, 0.15) is 0 Å². The molecule has 0 aliphatic carbocycles. The van der Waals surface area contributed by atoms with Crippen molar-refractivity contribution in [2.24, 2.45) is 0 Å². The fourth-order valence-corrected chi connectivity index (χ4v) is 2.74. The molecule has 0 unspecified atom stereocenters. The molecule has 2 nitrogen and oxygen atoms in total. The Morgan fingerprint density at radius 1 is 0.773 bits per heavy atom. The molecule has 0 amide bonds. The van der Waals surface area contributed by atoms with Crippen LogP contribution in [-0.2, 0) is 13.1 Å². The van der Waals surface area contributed by atoms with Gasteiger partial charge in [-0.15, -0.1) is 13.2 Å². The highest BCUT2D eigenvalue weighted by Crippen LogP contribution is 2.11. The predicted molar refractivity (Wildman–Crippen MR) is 98.0 cm³/mol. The van der Waals surface area contributed by atoms with Gasteiger partial charge in [0.2, 0.25) is 0 Å². The highest BCUT2D eigenvalue weighted by molar-refractivity contribution is 5.22. The molecule has 0 aliphatic rings. The average Bonchev–Trinajstić information content (AvgIpc) is 2.50. The lowest BCUT2D eigenvalue weighted by Gasteiger charge is -2.22. The number of hydrogen-bond donors (Lipinski definition) is 0. The molecule has 0 aliphatic heterocycles. The zero-order valence-corrected chi connectivity index (χ0v) is 14.4. The van der Waals surface area contributed by atoms with Crippen LogP contribution in [0.4, 0.5) is 0 Å². The molecule has 0 atom stereocenters. The summed E-state index contributed by atoms with van der Waals surface area (Å²) in [6, 6.07) is 9.05. The van der Waals surface area contributed by atoms with Crippen LogP contribution < -0.4 is 0 Å². The highest BCUT2D eigenvalue weighted by Gasteiger charge is 2.05. The zero-order chi connectivity index (χ0) is 16.2. The molecule has 2 heteroatoms. The van der Waals surface area contributed by atoms with E-state index in [0.29, 0.717) is 0 Å². The first-order chi connectivity index (χ1) is 10.7. The summed E-state index contributed by atoms with van der Waals surface area (Å²) in [7, 11) is 0. The standard InChI is InChI=1S/C20H32N2/c1-5-13-21(14-6-2)17-19-9-11-20(12-10-19)18-22(15-7-3)16-8-4/h5-6,9-12H,1-2,7-8,13-18H2,3-4H3. The maximum atomic E-state index is 3.82. The summed E-state index contributed by atoms with van der Waals surface area (Å²) in [5.41, 5.74) is 2.76. The number of hydrogen-bond acceptors (Lipinski definition) is 2. The summed E-state index contributed by atoms with van der Waals surface area (Å²) in [5, 5.41) is 0. The van der Waals surface area contributed by atoms with Gasteiger partial charge in [0.25, 0.3) is 0 Å². The topological polar surface area (TPSA) is 6.48 Å². The van der Waals surface area contributed by atoms with Gasteiger partial charge in [-0.2, -0.15) is 0 Å². The van der Waals surface area contributed by atoms with Gasteiger partial charge in [0.15, 0.2) is 0 Å². The van der Waals surface area contributed by atoms with Crippen LogP contribution in [0.1, 0.15) is 37.8 Å². The van der Waals surface area contributed by atoms with Crippen molar-refractivity contribution in [3.05, 3.63) is 60.7 Å². The van der Waals surface area contributed by atoms with Gasteiger partial charge < -0.3 is 0 Å². The molecule has 1 aromatic carbocycles. The van der Waals surface area contributed by atoms with Gasteiger partial charge in [0, 0.05) is 26.2 Å². The van der Waals surface area contributed by atoms with Crippen LogP contribution in [0, 0.1) is 0 Å². The summed E-state index contributed by atoms with van der Waals surface area (Å²) in [6.45, 7) is 18.3. The minimum Gasteiger partial charge on any atom is -0.299 e. The van der Waals surface area contributed by atoms with Crippen LogP contribution in [0.25, 0.3) is 0 Å². The Kier molecular flexibility index (Phi) is 9.52. The third-order valence-corrected chi connectivity index (χ3v) is 3.69. The van der Waals surface area contributed by atoms with Crippen molar-refractivity contribution in [1.29, 1.82) is 0 Å². The van der Waals surface area contributed by atoms with Gasteiger partial charge in [-0.25, -0.2) is 0 Å². The number of rotatable bonds is 12. The smallest absolute Gasteiger partial charge is 0.0240 e. The summed E-state index contributed by atoms with van der Waals surface area (Å²) in [6.07, 6.45) is 6.34. The Morgan fingerprint density at radius 2 is 1.18 bits per heavy atom. The molecule has 0 saturated carbocycles. The second-order valence-corrected chi connectivity index (χ2v) is 5.86. The van der Waals surface area contributed by atoms with Crippen molar-refractivity contribution < 1.29 is 0 Å². The quantitative estimate of drug-likeness (QED) is 0.525. The first-order valence-corrected chi connectivity index (χ1v) is 8.47. The maximum Gasteiger partial charge on any atom is 0.0240 e. The molecule has 0 spiro atoms. The van der Waals surface area contributed by atoms with E-state index in [4.69, 9.17) is 0 Å². The lowest BCUT2D eigenvalue weighted by atomic mass is 10.1. The van der Waals surface area contributed by atoms with Gasteiger partial charge in [-0.3, -0.25) is 9.80 Å². The lowest BCUT2D eigenvalue weighted by molar-refractivity contribution is 0.266. The van der Waals surface area contributed by atoms with E-state index in [9.17, 15) is 0 Å². The number of benzene rings is 1. The minimum atomic E-state index is 0.897. The molecule has 0 aromatic heterocycles. The van der Waals surface area contributed by atoms with E-state index < -0.39 is 0 Å². The fourth-order valence-electron chi connectivity index (χ4n) is 2.74. The van der Waals surface area contributed by atoms with Crippen molar-refractivity contribution in [3.8, 4) is 0 Å². The predicted octanol–water partition coefficient (Wildman–Crippen LogP) is 4.48. The Balaban J connectivity index is 2.60. The molecule has 0 saturated heterocycles. The Labute approximate surface area is 137 Å². The minimum absolute atomic E-state index is 0.897. The fraction of sp³-hybridized carbons (Fsp3) is 0.500. The molecule has 122 valence electrons. The van der Waals surface area contributed by atoms with Crippen LogP contribution in [0.2, 0.25) is 0 Å². The molecule has 0 radical (unpaired) electrons. The van der Waals surface area contributed by atoms with Gasteiger partial charge in [-0.05, 0) is 37.1 Å². The van der Waals surface area contributed by atoms with Gasteiger partial charge >= 0.3 is 0 Å². The average molecular weight is 300 g/mol. The largest absolute Gasteiger partial charge is 0.299 e. The molecule has 22 heavy (non-hydrogen) atoms. The highest BCUT2D eigenvalue weighted by atomic mass is 15.1. The monoisotopic (exact) mass is 300 g/mol. The lowest BCUT2D eigenvalue weighted by Crippen LogP contribution is -2.25. The molecular formula is C20H32N2. The van der Waals surface area contributed by atoms with Crippen LogP contribution >= 0.6 is 0 Å². The van der Waals surface area contributed by atoms with E-state index in [2.05, 4.69) is 61.1 Å². The summed E-state index contributed by atoms with van der Waals surface area (Å²) >= 11 is 0. The van der Waals surface area contributed by atoms with Gasteiger partial charge in [0.05, 0.1) is 0 Å². The first kappa shape index (κ1) is 18.7. The van der Waals surface area contributed by atoms with Crippen LogP contribution in [0.5, 0.6) is 0 Å². The zero-order valence-electron chi connectivity index (χ0n) is 14.4. The van der Waals surface area contributed by atoms with Crippen LogP contribution in [-0.4, -0.2) is 36.0 Å². The molecule has 1 rings (SSSR count). The van der Waals surface area contributed by atoms with Crippen molar-refractivity contribution in [3.63, 3.8) is 0 Å². The van der Waals surface area contributed by atoms with E-state index in [1.54, 1.807) is 0 Å². The van der Waals surface area contributed by atoms with E-state index in [0.717, 1.165) is 26.2 Å². The number of nitrogens with zero attached hydrogens (tertiary/aromatic N) is 2. The third-order valence-electron chi connectivity index (χ3n) is 3.69. The first-order valence-electron chi connectivity index (χ1n) is 8.47. The van der Waals surface area contributed by atoms with Crippen molar-refractivity contribution >= 4 is 0 Å². The summed E-state index contributed by atoms with van der Waals surface area (Å²) in [4.78, 5) is 4.87. The Morgan fingerprint density at radius 3 is 1.55 bits per heavy atom. The van der Waals surface area contributed by atoms with Crippen LogP contribution in [0.3, 0.4) is 0 Å². The van der Waals surface area contributed by atoms with Gasteiger partial charge in [-0.1, -0.05) is 50.3 Å². The van der Waals surface area contributed by atoms with E-state index >= 15 is 0 Å². The van der Waals surface area contributed by atoms with Crippen molar-refractivity contribution in [2.75, 3.05) is 26.2 Å². The van der Waals surface area contributed by atoms with Crippen LogP contribution in [0.15, 0.2) is 49.6 Å². The SMILES string of the molecule is C=CCN(CC=C)Cc1ccc(CN(CCC)CCC)cc1. The second-order valence-electron chi connectivity index (χ2n) is 5.86. The molecule has 0 N–H and O–H groups in total. The Bertz CT molecular complexity index is 406. The maximum absolute atomic E-state index is 3.82. The Hall–Kier alpha value is -1.38. The van der Waals surface area contributed by atoms with E-state index in [1.165, 1.54) is 37.1 Å². The summed E-state index contributed by atoms with van der Waals surface area (Å²) in [5.74, 6) is 0. The summed E-state index contributed by atoms with van der Waals surface area (Å²) < 4.78 is 0. The second kappa shape index (κ2) is 11.2. The third kappa shape index (κ3) is 7.06. The molecule has 0 fully saturated rings. The molecule has 1 aromatic rings. The normalized spacial score (nSPS) is 11.1. The molecule has 0 bridgehead atoms.